The van der Waals surface area contributed by atoms with Gasteiger partial charge >= 0.3 is 0 Å². The number of amides is 1. The third-order valence-electron chi connectivity index (χ3n) is 4.49. The number of nitrogens with one attached hydrogen (secondary N) is 1. The molecule has 9 heteroatoms. The van der Waals surface area contributed by atoms with Crippen LogP contribution in [0.2, 0.25) is 0 Å². The molecule has 1 amide bonds. The Balaban J connectivity index is 1.18. The molecule has 2 aliphatic heterocycles. The third kappa shape index (κ3) is 3.97. The van der Waals surface area contributed by atoms with Gasteiger partial charge in [-0.05, 0) is 42.5 Å². The summed E-state index contributed by atoms with van der Waals surface area (Å²) in [6, 6.07) is 14.7. The molecule has 2 aliphatic rings. The maximum atomic E-state index is 12.3. The van der Waals surface area contributed by atoms with Gasteiger partial charge in [-0.25, -0.2) is 0 Å². The number of thioether (sulfide) groups is 1. The van der Waals surface area contributed by atoms with Gasteiger partial charge in [0.2, 0.25) is 12.7 Å². The summed E-state index contributed by atoms with van der Waals surface area (Å²) in [5.41, 5.74) is 2.27. The van der Waals surface area contributed by atoms with Crippen LogP contribution in [0.15, 0.2) is 53.6 Å². The first-order valence-electron chi connectivity index (χ1n) is 9.31. The fraction of sp³-hybridized carbons (Fsp3) is 0.190. The van der Waals surface area contributed by atoms with E-state index in [4.69, 9.17) is 18.9 Å². The van der Waals surface area contributed by atoms with Crippen LogP contribution in [0.3, 0.4) is 0 Å². The van der Waals surface area contributed by atoms with Crippen LogP contribution in [0, 0.1) is 0 Å². The SMILES string of the molecule is O=C(CSc1ccc(-c2ccc3c(c2)OCO3)nn1)Nc1ccc2c(c1)OCCO2. The number of nitrogens with zero attached hydrogens (tertiary/aromatic N) is 2. The molecule has 5 rings (SSSR count). The molecule has 0 saturated carbocycles. The van der Waals surface area contributed by atoms with E-state index in [1.54, 1.807) is 18.2 Å². The van der Waals surface area contributed by atoms with E-state index >= 15 is 0 Å². The van der Waals surface area contributed by atoms with Crippen molar-refractivity contribution in [3.63, 3.8) is 0 Å². The fourth-order valence-corrected chi connectivity index (χ4v) is 3.68. The molecule has 1 N–H and O–H groups in total. The van der Waals surface area contributed by atoms with Gasteiger partial charge in [0.25, 0.3) is 0 Å². The Kier molecular flexibility index (Phi) is 5.02. The number of anilines is 1. The maximum absolute atomic E-state index is 12.3. The van der Waals surface area contributed by atoms with Crippen molar-refractivity contribution in [2.24, 2.45) is 0 Å². The molecular weight excluding hydrogens is 406 g/mol. The zero-order chi connectivity index (χ0) is 20.3. The number of hydrogen-bond acceptors (Lipinski definition) is 8. The number of aromatic nitrogens is 2. The molecule has 0 aliphatic carbocycles. The molecule has 0 saturated heterocycles. The van der Waals surface area contributed by atoms with Crippen LogP contribution < -0.4 is 24.3 Å². The molecule has 3 aromatic rings. The molecular formula is C21H17N3O5S. The van der Waals surface area contributed by atoms with Crippen molar-refractivity contribution in [1.29, 1.82) is 0 Å². The second-order valence-electron chi connectivity index (χ2n) is 6.52. The Bertz CT molecular complexity index is 1090. The van der Waals surface area contributed by atoms with Crippen LogP contribution in [0.1, 0.15) is 0 Å². The number of hydrogen-bond donors (Lipinski definition) is 1. The molecule has 0 bridgehead atoms. The average molecular weight is 423 g/mol. The molecule has 152 valence electrons. The maximum Gasteiger partial charge on any atom is 0.234 e. The molecule has 3 heterocycles. The van der Waals surface area contributed by atoms with Crippen molar-refractivity contribution in [3.8, 4) is 34.3 Å². The Morgan fingerprint density at radius 3 is 2.50 bits per heavy atom. The average Bonchev–Trinajstić information content (AvgIpc) is 3.26. The summed E-state index contributed by atoms with van der Waals surface area (Å²) in [4.78, 5) is 12.3. The highest BCUT2D eigenvalue weighted by Gasteiger charge is 2.15. The van der Waals surface area contributed by atoms with Gasteiger partial charge in [-0.2, -0.15) is 0 Å². The number of carbonyl (C=O) groups is 1. The Morgan fingerprint density at radius 2 is 1.63 bits per heavy atom. The molecule has 30 heavy (non-hydrogen) atoms. The first kappa shape index (κ1) is 18.6. The number of carbonyl (C=O) groups excluding carboxylic acids is 1. The monoisotopic (exact) mass is 423 g/mol. The highest BCUT2D eigenvalue weighted by Crippen LogP contribution is 2.35. The van der Waals surface area contributed by atoms with Gasteiger partial charge in [0, 0.05) is 17.3 Å². The van der Waals surface area contributed by atoms with Gasteiger partial charge in [0.15, 0.2) is 23.0 Å². The zero-order valence-corrected chi connectivity index (χ0v) is 16.6. The lowest BCUT2D eigenvalue weighted by molar-refractivity contribution is -0.113. The van der Waals surface area contributed by atoms with Gasteiger partial charge in [0.1, 0.15) is 18.2 Å². The van der Waals surface area contributed by atoms with E-state index in [9.17, 15) is 4.79 Å². The minimum Gasteiger partial charge on any atom is -0.486 e. The van der Waals surface area contributed by atoms with Crippen molar-refractivity contribution in [1.82, 2.24) is 10.2 Å². The van der Waals surface area contributed by atoms with Crippen LogP contribution in [0.25, 0.3) is 11.3 Å². The number of ether oxygens (including phenoxy) is 4. The number of rotatable bonds is 5. The first-order valence-corrected chi connectivity index (χ1v) is 10.3. The van der Waals surface area contributed by atoms with E-state index in [1.807, 2.05) is 30.3 Å². The highest BCUT2D eigenvalue weighted by molar-refractivity contribution is 7.99. The number of fused-ring (bicyclic) bond motifs is 2. The normalized spacial score (nSPS) is 13.7. The lowest BCUT2D eigenvalue weighted by Gasteiger charge is -2.18. The van der Waals surface area contributed by atoms with Gasteiger partial charge in [0.05, 0.1) is 11.4 Å². The molecule has 1 aromatic heterocycles. The zero-order valence-electron chi connectivity index (χ0n) is 15.8. The van der Waals surface area contributed by atoms with Gasteiger partial charge in [-0.1, -0.05) is 11.8 Å². The molecule has 0 unspecified atom stereocenters. The minimum absolute atomic E-state index is 0.140. The predicted molar refractivity (Wildman–Crippen MR) is 110 cm³/mol. The summed E-state index contributed by atoms with van der Waals surface area (Å²) in [5, 5.41) is 12.0. The van der Waals surface area contributed by atoms with Crippen molar-refractivity contribution in [2.45, 2.75) is 5.03 Å². The van der Waals surface area contributed by atoms with Crippen molar-refractivity contribution >= 4 is 23.4 Å². The summed E-state index contributed by atoms with van der Waals surface area (Å²) in [6.07, 6.45) is 0. The molecule has 0 radical (unpaired) electrons. The Labute approximate surface area is 176 Å². The first-order chi connectivity index (χ1) is 14.7. The molecule has 2 aromatic carbocycles. The van der Waals surface area contributed by atoms with Crippen molar-refractivity contribution in [3.05, 3.63) is 48.5 Å². The Hall–Kier alpha value is -3.46. The smallest absolute Gasteiger partial charge is 0.234 e. The van der Waals surface area contributed by atoms with Gasteiger partial charge in [-0.15, -0.1) is 10.2 Å². The lowest BCUT2D eigenvalue weighted by Crippen LogP contribution is -2.17. The molecule has 0 atom stereocenters. The van der Waals surface area contributed by atoms with Crippen LogP contribution in [0.4, 0.5) is 5.69 Å². The van der Waals surface area contributed by atoms with E-state index in [0.717, 1.165) is 17.0 Å². The quantitative estimate of drug-likeness (QED) is 0.625. The van der Waals surface area contributed by atoms with E-state index < -0.39 is 0 Å². The van der Waals surface area contributed by atoms with Crippen LogP contribution in [-0.4, -0.2) is 41.9 Å². The Morgan fingerprint density at radius 1 is 0.867 bits per heavy atom. The topological polar surface area (TPSA) is 91.8 Å². The summed E-state index contributed by atoms with van der Waals surface area (Å²) in [6.45, 7) is 1.26. The van der Waals surface area contributed by atoms with Gasteiger partial charge < -0.3 is 24.3 Å². The van der Waals surface area contributed by atoms with E-state index in [2.05, 4.69) is 15.5 Å². The van der Waals surface area contributed by atoms with Crippen LogP contribution in [-0.2, 0) is 4.79 Å². The molecule has 8 nitrogen and oxygen atoms in total. The van der Waals surface area contributed by atoms with Crippen molar-refractivity contribution < 1.29 is 23.7 Å². The largest absolute Gasteiger partial charge is 0.486 e. The van der Waals surface area contributed by atoms with E-state index in [1.165, 1.54) is 11.8 Å². The second kappa shape index (κ2) is 8.11. The second-order valence-corrected chi connectivity index (χ2v) is 7.52. The standard InChI is InChI=1S/C21H17N3O5S/c25-20(22-14-2-5-16-19(10-14)27-8-7-26-16)11-30-21-6-3-15(23-24-21)13-1-4-17-18(9-13)29-12-28-17/h1-6,9-10H,7-8,11-12H2,(H,22,25). The van der Waals surface area contributed by atoms with Crippen molar-refractivity contribution in [2.75, 3.05) is 31.1 Å². The predicted octanol–water partition coefficient (Wildman–Crippen LogP) is 3.37. The summed E-state index contributed by atoms with van der Waals surface area (Å²) in [7, 11) is 0. The summed E-state index contributed by atoms with van der Waals surface area (Å²) in [5.74, 6) is 2.82. The van der Waals surface area contributed by atoms with Crippen LogP contribution >= 0.6 is 11.8 Å². The summed E-state index contributed by atoms with van der Waals surface area (Å²) < 4.78 is 21.7. The minimum atomic E-state index is -0.140. The summed E-state index contributed by atoms with van der Waals surface area (Å²) >= 11 is 1.31. The van der Waals surface area contributed by atoms with E-state index in [0.29, 0.717) is 41.2 Å². The third-order valence-corrected chi connectivity index (χ3v) is 5.41. The highest BCUT2D eigenvalue weighted by atomic mass is 32.2. The molecule has 0 spiro atoms. The van der Waals surface area contributed by atoms with E-state index in [-0.39, 0.29) is 18.5 Å². The molecule has 0 fully saturated rings. The fourth-order valence-electron chi connectivity index (χ4n) is 3.06. The van der Waals surface area contributed by atoms with Gasteiger partial charge in [-0.3, -0.25) is 4.79 Å². The van der Waals surface area contributed by atoms with Crippen LogP contribution in [0.5, 0.6) is 23.0 Å². The lowest BCUT2D eigenvalue weighted by atomic mass is 10.1. The number of benzene rings is 2.